The second-order valence-electron chi connectivity index (χ2n) is 7.54. The average molecular weight is 365 g/mol. The maximum Gasteiger partial charge on any atom is 0.260 e. The van der Waals surface area contributed by atoms with Gasteiger partial charge in [-0.05, 0) is 68.3 Å². The summed E-state index contributed by atoms with van der Waals surface area (Å²) in [7, 11) is 0. The van der Waals surface area contributed by atoms with Crippen molar-refractivity contribution in [2.75, 3.05) is 19.7 Å². The highest BCUT2D eigenvalue weighted by Gasteiger charge is 2.31. The summed E-state index contributed by atoms with van der Waals surface area (Å²) in [6.07, 6.45) is 7.14. The third-order valence-corrected chi connectivity index (χ3v) is 5.92. The number of amides is 1. The van der Waals surface area contributed by atoms with E-state index < -0.39 is 0 Å². The van der Waals surface area contributed by atoms with E-state index in [4.69, 9.17) is 22.1 Å². The van der Waals surface area contributed by atoms with Crippen molar-refractivity contribution in [2.24, 2.45) is 11.7 Å². The largest absolute Gasteiger partial charge is 0.483 e. The molecule has 0 spiro atoms. The van der Waals surface area contributed by atoms with Gasteiger partial charge in [-0.25, -0.2) is 0 Å². The number of carbonyl (C=O) groups excluding carboxylic acids is 1. The monoisotopic (exact) mass is 364 g/mol. The van der Waals surface area contributed by atoms with Crippen LogP contribution in [0.2, 0.25) is 5.02 Å². The van der Waals surface area contributed by atoms with Crippen molar-refractivity contribution in [3.8, 4) is 5.75 Å². The van der Waals surface area contributed by atoms with Crippen LogP contribution in [0.25, 0.3) is 0 Å². The number of nitrogens with zero attached hydrogens (tertiary/aromatic N) is 1. The number of hydrogen-bond donors (Lipinski definition) is 1. The number of rotatable bonds is 5. The van der Waals surface area contributed by atoms with E-state index in [1.54, 1.807) is 0 Å². The maximum atomic E-state index is 12.6. The van der Waals surface area contributed by atoms with Crippen molar-refractivity contribution < 1.29 is 9.53 Å². The first kappa shape index (κ1) is 18.5. The summed E-state index contributed by atoms with van der Waals surface area (Å²) in [6.45, 7) is 3.56. The second-order valence-corrected chi connectivity index (χ2v) is 7.97. The SMILES string of the molecule is CC1CC(CN)CN1C(=O)COc1ccc(Cl)cc1C1CCCCC1. The van der Waals surface area contributed by atoms with E-state index in [9.17, 15) is 4.79 Å². The number of likely N-dealkylation sites (tertiary alicyclic amines) is 1. The Kier molecular flexibility index (Phi) is 6.24. The molecule has 1 saturated carbocycles. The third-order valence-electron chi connectivity index (χ3n) is 5.68. The molecule has 2 N–H and O–H groups in total. The fourth-order valence-electron chi connectivity index (χ4n) is 4.27. The fourth-order valence-corrected chi connectivity index (χ4v) is 4.45. The van der Waals surface area contributed by atoms with E-state index in [0.29, 0.717) is 18.4 Å². The summed E-state index contributed by atoms with van der Waals surface area (Å²) in [5.41, 5.74) is 6.92. The van der Waals surface area contributed by atoms with Gasteiger partial charge in [0.25, 0.3) is 5.91 Å². The summed E-state index contributed by atoms with van der Waals surface area (Å²) in [4.78, 5) is 14.5. The van der Waals surface area contributed by atoms with E-state index in [1.165, 1.54) is 32.1 Å². The highest BCUT2D eigenvalue weighted by Crippen LogP contribution is 2.38. The molecule has 0 aromatic heterocycles. The highest BCUT2D eigenvalue weighted by atomic mass is 35.5. The molecule has 2 unspecified atom stereocenters. The molecule has 138 valence electrons. The minimum Gasteiger partial charge on any atom is -0.483 e. The molecule has 1 aliphatic carbocycles. The van der Waals surface area contributed by atoms with Crippen molar-refractivity contribution in [3.63, 3.8) is 0 Å². The first-order valence-electron chi connectivity index (χ1n) is 9.50. The Hall–Kier alpha value is -1.26. The van der Waals surface area contributed by atoms with Crippen molar-refractivity contribution in [1.82, 2.24) is 4.90 Å². The summed E-state index contributed by atoms with van der Waals surface area (Å²) >= 11 is 6.21. The Labute approximate surface area is 155 Å². The van der Waals surface area contributed by atoms with Crippen LogP contribution in [0.15, 0.2) is 18.2 Å². The number of halogens is 1. The number of nitrogens with two attached hydrogens (primary N) is 1. The number of hydrogen-bond acceptors (Lipinski definition) is 3. The van der Waals surface area contributed by atoms with Gasteiger partial charge in [0.05, 0.1) is 0 Å². The molecule has 0 radical (unpaired) electrons. The molecule has 1 aromatic carbocycles. The molecule has 4 nitrogen and oxygen atoms in total. The molecule has 2 aliphatic rings. The molecule has 1 saturated heterocycles. The lowest BCUT2D eigenvalue weighted by molar-refractivity contribution is -0.134. The highest BCUT2D eigenvalue weighted by molar-refractivity contribution is 6.30. The standard InChI is InChI=1S/C20H29ClN2O2/c1-14-9-15(11-22)12-23(14)20(24)13-25-19-8-7-17(21)10-18(19)16-5-3-2-4-6-16/h7-8,10,14-16H,2-6,9,11-13,22H2,1H3. The summed E-state index contributed by atoms with van der Waals surface area (Å²) in [5, 5.41) is 0.734. The van der Waals surface area contributed by atoms with Crippen molar-refractivity contribution in [2.45, 2.75) is 57.4 Å². The zero-order chi connectivity index (χ0) is 17.8. The number of carbonyl (C=O) groups is 1. The average Bonchev–Trinajstić information content (AvgIpc) is 3.02. The molecular weight excluding hydrogens is 336 g/mol. The number of benzene rings is 1. The lowest BCUT2D eigenvalue weighted by Gasteiger charge is -2.25. The summed E-state index contributed by atoms with van der Waals surface area (Å²) in [5.74, 6) is 1.76. The molecule has 25 heavy (non-hydrogen) atoms. The maximum absolute atomic E-state index is 12.6. The molecular formula is C20H29ClN2O2. The van der Waals surface area contributed by atoms with E-state index in [-0.39, 0.29) is 18.6 Å². The molecule has 0 bridgehead atoms. The van der Waals surface area contributed by atoms with Crippen molar-refractivity contribution in [1.29, 1.82) is 0 Å². The fraction of sp³-hybridized carbons (Fsp3) is 0.650. The van der Waals surface area contributed by atoms with Crippen molar-refractivity contribution in [3.05, 3.63) is 28.8 Å². The smallest absolute Gasteiger partial charge is 0.260 e. The van der Waals surface area contributed by atoms with Crippen LogP contribution >= 0.6 is 11.6 Å². The van der Waals surface area contributed by atoms with Crippen LogP contribution in [0.1, 0.15) is 56.9 Å². The zero-order valence-corrected chi connectivity index (χ0v) is 15.8. The number of ether oxygens (including phenoxy) is 1. The van der Waals surface area contributed by atoms with Gasteiger partial charge in [-0.3, -0.25) is 4.79 Å². The second kappa shape index (κ2) is 8.41. The zero-order valence-electron chi connectivity index (χ0n) is 15.0. The first-order chi connectivity index (χ1) is 12.1. The molecule has 1 heterocycles. The van der Waals surface area contributed by atoms with Crippen LogP contribution in [0, 0.1) is 5.92 Å². The van der Waals surface area contributed by atoms with Crippen LogP contribution in [0.4, 0.5) is 0 Å². The molecule has 3 rings (SSSR count). The van der Waals surface area contributed by atoms with Gasteiger partial charge in [0.1, 0.15) is 5.75 Å². The summed E-state index contributed by atoms with van der Waals surface area (Å²) < 4.78 is 5.96. The van der Waals surface area contributed by atoms with E-state index >= 15 is 0 Å². The van der Waals surface area contributed by atoms with E-state index in [2.05, 4.69) is 6.92 Å². The topological polar surface area (TPSA) is 55.6 Å². The third kappa shape index (κ3) is 4.48. The lowest BCUT2D eigenvalue weighted by Crippen LogP contribution is -2.37. The summed E-state index contributed by atoms with van der Waals surface area (Å²) in [6, 6.07) is 6.01. The van der Waals surface area contributed by atoms with E-state index in [1.807, 2.05) is 23.1 Å². The van der Waals surface area contributed by atoms with Crippen LogP contribution in [-0.4, -0.2) is 36.5 Å². The van der Waals surface area contributed by atoms with Gasteiger partial charge in [-0.2, -0.15) is 0 Å². The Morgan fingerprint density at radius 3 is 2.76 bits per heavy atom. The van der Waals surface area contributed by atoms with Crippen LogP contribution in [-0.2, 0) is 4.79 Å². The molecule has 1 amide bonds. The predicted octanol–water partition coefficient (Wildman–Crippen LogP) is 3.96. The normalized spacial score (nSPS) is 24.5. The quantitative estimate of drug-likeness (QED) is 0.860. The molecule has 5 heteroatoms. The molecule has 2 atom stereocenters. The van der Waals surface area contributed by atoms with Gasteiger partial charge in [-0.1, -0.05) is 30.9 Å². The van der Waals surface area contributed by atoms with E-state index in [0.717, 1.165) is 29.3 Å². The van der Waals surface area contributed by atoms with Gasteiger partial charge in [-0.15, -0.1) is 0 Å². The van der Waals surface area contributed by atoms with Crippen LogP contribution in [0.3, 0.4) is 0 Å². The molecule has 1 aliphatic heterocycles. The molecule has 1 aromatic rings. The van der Waals surface area contributed by atoms with Crippen LogP contribution in [0.5, 0.6) is 5.75 Å². The Balaban J connectivity index is 1.65. The van der Waals surface area contributed by atoms with Gasteiger partial charge in [0.15, 0.2) is 6.61 Å². The van der Waals surface area contributed by atoms with Gasteiger partial charge in [0, 0.05) is 17.6 Å². The predicted molar refractivity (Wildman–Crippen MR) is 101 cm³/mol. The van der Waals surface area contributed by atoms with Gasteiger partial charge >= 0.3 is 0 Å². The Morgan fingerprint density at radius 2 is 2.08 bits per heavy atom. The Bertz CT molecular complexity index is 601. The minimum atomic E-state index is 0.0491. The minimum absolute atomic E-state index is 0.0491. The van der Waals surface area contributed by atoms with Gasteiger partial charge in [0.2, 0.25) is 0 Å². The molecule has 2 fully saturated rings. The Morgan fingerprint density at radius 1 is 1.32 bits per heavy atom. The van der Waals surface area contributed by atoms with Gasteiger partial charge < -0.3 is 15.4 Å². The lowest BCUT2D eigenvalue weighted by atomic mass is 9.84. The van der Waals surface area contributed by atoms with Crippen molar-refractivity contribution >= 4 is 17.5 Å². The first-order valence-corrected chi connectivity index (χ1v) is 9.88. The van der Waals surface area contributed by atoms with Crippen LogP contribution < -0.4 is 10.5 Å².